The minimum atomic E-state index is -1.04. The zero-order chi connectivity index (χ0) is 21.1. The van der Waals surface area contributed by atoms with Gasteiger partial charge < -0.3 is 9.80 Å². The number of carbonyl (C=O) groups excluding carboxylic acids is 2. The second-order valence-electron chi connectivity index (χ2n) is 7.10. The number of carbonyl (C=O) groups is 2. The lowest BCUT2D eigenvalue weighted by Gasteiger charge is -2.34. The monoisotopic (exact) mass is 426 g/mol. The van der Waals surface area contributed by atoms with Gasteiger partial charge in [-0.15, -0.1) is 11.8 Å². The fourth-order valence-electron chi connectivity index (χ4n) is 3.46. The molecule has 0 N–H and O–H groups in total. The quantitative estimate of drug-likeness (QED) is 0.588. The van der Waals surface area contributed by atoms with Crippen LogP contribution in [0, 0.1) is 11.6 Å². The number of amides is 2. The largest absolute Gasteiger partial charge is 0.338 e. The van der Waals surface area contributed by atoms with Crippen LogP contribution in [0.4, 0.5) is 8.78 Å². The summed E-state index contributed by atoms with van der Waals surface area (Å²) in [6, 6.07) is 17.4. The van der Waals surface area contributed by atoms with E-state index in [2.05, 4.69) is 12.1 Å². The SMILES string of the molecule is O=C(CSc1ccc2ccccc2c1)N1CCN(C(=O)c2ccc(F)c(F)c2)CC1. The van der Waals surface area contributed by atoms with Crippen LogP contribution in [0.25, 0.3) is 10.8 Å². The van der Waals surface area contributed by atoms with Crippen molar-refractivity contribution in [3.8, 4) is 0 Å². The highest BCUT2D eigenvalue weighted by atomic mass is 32.2. The van der Waals surface area contributed by atoms with Gasteiger partial charge in [0.15, 0.2) is 11.6 Å². The highest BCUT2D eigenvalue weighted by Crippen LogP contribution is 2.24. The number of hydrogen-bond donors (Lipinski definition) is 0. The van der Waals surface area contributed by atoms with E-state index in [1.165, 1.54) is 17.8 Å². The van der Waals surface area contributed by atoms with Crippen LogP contribution in [-0.2, 0) is 4.79 Å². The Bertz CT molecular complexity index is 1100. The first-order valence-electron chi connectivity index (χ1n) is 9.65. The zero-order valence-electron chi connectivity index (χ0n) is 16.2. The average molecular weight is 426 g/mol. The molecule has 7 heteroatoms. The molecule has 0 atom stereocenters. The van der Waals surface area contributed by atoms with Gasteiger partial charge in [-0.25, -0.2) is 8.78 Å². The molecule has 1 saturated heterocycles. The molecule has 1 heterocycles. The Kier molecular flexibility index (Phi) is 5.99. The molecule has 0 bridgehead atoms. The molecular weight excluding hydrogens is 406 g/mol. The molecule has 4 nitrogen and oxygen atoms in total. The van der Waals surface area contributed by atoms with Gasteiger partial charge in [-0.1, -0.05) is 30.3 Å². The Morgan fingerprint density at radius 1 is 0.800 bits per heavy atom. The number of rotatable bonds is 4. The lowest BCUT2D eigenvalue weighted by Crippen LogP contribution is -2.51. The summed E-state index contributed by atoms with van der Waals surface area (Å²) >= 11 is 1.49. The van der Waals surface area contributed by atoms with Crippen molar-refractivity contribution in [2.24, 2.45) is 0 Å². The van der Waals surface area contributed by atoms with E-state index in [0.29, 0.717) is 31.9 Å². The van der Waals surface area contributed by atoms with Crippen LogP contribution in [0.5, 0.6) is 0 Å². The molecule has 2 amide bonds. The van der Waals surface area contributed by atoms with E-state index in [4.69, 9.17) is 0 Å². The molecule has 0 radical (unpaired) electrons. The molecule has 1 fully saturated rings. The number of hydrogen-bond acceptors (Lipinski definition) is 3. The Morgan fingerprint density at radius 2 is 1.50 bits per heavy atom. The van der Waals surface area contributed by atoms with Crippen LogP contribution in [-0.4, -0.2) is 53.5 Å². The first kappa shape index (κ1) is 20.3. The Labute approximate surface area is 177 Å². The summed E-state index contributed by atoms with van der Waals surface area (Å²) in [6.07, 6.45) is 0. The second kappa shape index (κ2) is 8.83. The van der Waals surface area contributed by atoms with E-state index in [9.17, 15) is 18.4 Å². The predicted molar refractivity (Wildman–Crippen MR) is 114 cm³/mol. The van der Waals surface area contributed by atoms with Gasteiger partial charge in [0.1, 0.15) is 0 Å². The van der Waals surface area contributed by atoms with Crippen molar-refractivity contribution < 1.29 is 18.4 Å². The summed E-state index contributed by atoms with van der Waals surface area (Å²) in [5, 5.41) is 2.30. The number of thioether (sulfide) groups is 1. The lowest BCUT2D eigenvalue weighted by molar-refractivity contribution is -0.129. The number of piperazine rings is 1. The van der Waals surface area contributed by atoms with Gasteiger partial charge in [0.2, 0.25) is 5.91 Å². The van der Waals surface area contributed by atoms with Crippen molar-refractivity contribution in [2.75, 3.05) is 31.9 Å². The Morgan fingerprint density at radius 3 is 2.23 bits per heavy atom. The fraction of sp³-hybridized carbons (Fsp3) is 0.217. The van der Waals surface area contributed by atoms with Gasteiger partial charge in [0.05, 0.1) is 5.75 Å². The summed E-state index contributed by atoms with van der Waals surface area (Å²) < 4.78 is 26.5. The molecule has 0 aromatic heterocycles. The molecule has 4 rings (SSSR count). The number of fused-ring (bicyclic) bond motifs is 1. The van der Waals surface area contributed by atoms with Crippen LogP contribution in [0.1, 0.15) is 10.4 Å². The number of benzene rings is 3. The van der Waals surface area contributed by atoms with Gasteiger partial charge in [0.25, 0.3) is 5.91 Å². The highest BCUT2D eigenvalue weighted by Gasteiger charge is 2.25. The van der Waals surface area contributed by atoms with Crippen LogP contribution < -0.4 is 0 Å². The lowest BCUT2D eigenvalue weighted by atomic mass is 10.1. The van der Waals surface area contributed by atoms with Crippen LogP contribution in [0.15, 0.2) is 65.6 Å². The van der Waals surface area contributed by atoms with E-state index < -0.39 is 11.6 Å². The molecule has 1 aliphatic rings. The standard InChI is InChI=1S/C23H20F2N2O2S/c24-20-8-6-18(14-21(20)25)23(29)27-11-9-26(10-12-27)22(28)15-30-19-7-5-16-3-1-2-4-17(16)13-19/h1-8,13-14H,9-12,15H2. The van der Waals surface area contributed by atoms with Crippen LogP contribution in [0.3, 0.4) is 0 Å². The first-order valence-corrected chi connectivity index (χ1v) is 10.6. The van der Waals surface area contributed by atoms with Crippen LogP contribution >= 0.6 is 11.8 Å². The third-order valence-corrected chi connectivity index (χ3v) is 6.15. The maximum absolute atomic E-state index is 13.4. The minimum Gasteiger partial charge on any atom is -0.338 e. The van der Waals surface area contributed by atoms with E-state index >= 15 is 0 Å². The normalized spacial score (nSPS) is 14.2. The van der Waals surface area contributed by atoms with E-state index in [-0.39, 0.29) is 17.4 Å². The number of halogens is 2. The molecule has 1 aliphatic heterocycles. The summed E-state index contributed by atoms with van der Waals surface area (Å²) in [7, 11) is 0. The maximum Gasteiger partial charge on any atom is 0.254 e. The molecule has 3 aromatic carbocycles. The smallest absolute Gasteiger partial charge is 0.254 e. The predicted octanol–water partition coefficient (Wildman–Crippen LogP) is 4.19. The zero-order valence-corrected chi connectivity index (χ0v) is 17.0. The summed E-state index contributed by atoms with van der Waals surface area (Å²) in [6.45, 7) is 1.58. The third kappa shape index (κ3) is 4.46. The van der Waals surface area contributed by atoms with Crippen molar-refractivity contribution in [3.05, 3.63) is 77.9 Å². The van der Waals surface area contributed by atoms with Gasteiger partial charge in [-0.2, -0.15) is 0 Å². The molecule has 3 aromatic rings. The molecular formula is C23H20F2N2O2S. The maximum atomic E-state index is 13.4. The summed E-state index contributed by atoms with van der Waals surface area (Å²) in [5.41, 5.74) is 0.112. The highest BCUT2D eigenvalue weighted by molar-refractivity contribution is 8.00. The molecule has 0 aliphatic carbocycles. The van der Waals surface area contributed by atoms with Crippen molar-refractivity contribution >= 4 is 34.3 Å². The molecule has 0 spiro atoms. The van der Waals surface area contributed by atoms with E-state index in [0.717, 1.165) is 27.8 Å². The van der Waals surface area contributed by atoms with E-state index in [1.807, 2.05) is 30.3 Å². The van der Waals surface area contributed by atoms with Crippen molar-refractivity contribution in [1.29, 1.82) is 0 Å². The van der Waals surface area contributed by atoms with Gasteiger partial charge >= 0.3 is 0 Å². The first-order chi connectivity index (χ1) is 14.5. The topological polar surface area (TPSA) is 40.6 Å². The second-order valence-corrected chi connectivity index (χ2v) is 8.15. The average Bonchev–Trinajstić information content (AvgIpc) is 2.78. The van der Waals surface area contributed by atoms with Gasteiger partial charge in [0, 0.05) is 36.6 Å². The number of nitrogens with zero attached hydrogens (tertiary/aromatic N) is 2. The van der Waals surface area contributed by atoms with Crippen molar-refractivity contribution in [3.63, 3.8) is 0 Å². The summed E-state index contributed by atoms with van der Waals surface area (Å²) in [4.78, 5) is 29.4. The Hall–Kier alpha value is -2.93. The molecule has 30 heavy (non-hydrogen) atoms. The van der Waals surface area contributed by atoms with Crippen molar-refractivity contribution in [1.82, 2.24) is 9.80 Å². The van der Waals surface area contributed by atoms with Crippen molar-refractivity contribution in [2.45, 2.75) is 4.90 Å². The minimum absolute atomic E-state index is 0.0214. The van der Waals surface area contributed by atoms with Gasteiger partial charge in [-0.3, -0.25) is 9.59 Å². The van der Waals surface area contributed by atoms with Crippen LogP contribution in [0.2, 0.25) is 0 Å². The summed E-state index contributed by atoms with van der Waals surface area (Å²) in [5.74, 6) is -2.03. The van der Waals surface area contributed by atoms with E-state index in [1.54, 1.807) is 9.80 Å². The molecule has 154 valence electrons. The molecule has 0 saturated carbocycles. The third-order valence-electron chi connectivity index (χ3n) is 5.17. The molecule has 0 unspecified atom stereocenters. The van der Waals surface area contributed by atoms with Gasteiger partial charge in [-0.05, 0) is 41.1 Å². The fourth-order valence-corrected chi connectivity index (χ4v) is 4.31. The Balaban J connectivity index is 1.30.